The molecule has 1 aliphatic carbocycles. The van der Waals surface area contributed by atoms with E-state index in [9.17, 15) is 15.0 Å². The third kappa shape index (κ3) is 6.55. The molecular formula is C29H48ClNO4Si. The van der Waals surface area contributed by atoms with Crippen LogP contribution in [-0.2, 0) is 9.22 Å². The largest absolute Gasteiger partial charge is 0.478 e. The summed E-state index contributed by atoms with van der Waals surface area (Å²) in [6.07, 6.45) is 16.6. The summed E-state index contributed by atoms with van der Waals surface area (Å²) >= 11 is 6.44. The highest BCUT2D eigenvalue weighted by atomic mass is 35.5. The molecule has 3 aliphatic rings. The maximum Gasteiger partial charge on any atom is 0.332 e. The fraction of sp³-hybridized carbons (Fsp3) is 0.759. The van der Waals surface area contributed by atoms with Gasteiger partial charge in [-0.2, -0.15) is 0 Å². The average molecular weight is 538 g/mol. The summed E-state index contributed by atoms with van der Waals surface area (Å²) in [7, 11) is -2.03. The van der Waals surface area contributed by atoms with Gasteiger partial charge in [0, 0.05) is 41.8 Å². The number of carboxylic acid groups (broad SMARTS) is 1. The molecular weight excluding hydrogens is 490 g/mol. The number of aliphatic hydroxyl groups excluding tert-OH is 1. The lowest BCUT2D eigenvalue weighted by molar-refractivity contribution is -0.134. The summed E-state index contributed by atoms with van der Waals surface area (Å²) in [6.45, 7) is 14.1. The van der Waals surface area contributed by atoms with Crippen molar-refractivity contribution in [1.29, 1.82) is 0 Å². The topological polar surface area (TPSA) is 70.0 Å². The lowest BCUT2D eigenvalue weighted by atomic mass is 9.70. The monoisotopic (exact) mass is 537 g/mol. The van der Waals surface area contributed by atoms with Crippen LogP contribution in [0.3, 0.4) is 0 Å². The first-order chi connectivity index (χ1) is 16.8. The molecule has 0 aromatic rings. The third-order valence-electron chi connectivity index (χ3n) is 9.40. The first-order valence-corrected chi connectivity index (χ1v) is 17.1. The van der Waals surface area contributed by atoms with Crippen molar-refractivity contribution in [2.24, 2.45) is 11.8 Å². The molecule has 0 aromatic carbocycles. The maximum absolute atomic E-state index is 11.8. The number of nitrogens with zero attached hydrogens (tertiary/aromatic N) is 1. The van der Waals surface area contributed by atoms with Gasteiger partial charge in [0.25, 0.3) is 0 Å². The SMILES string of the molecule is C[C@@H](/C=C/C(/C=C(\Cl)CCO)O[Si](C)(C)C(C)(C)C)[C@H]1CCC[C@]12CCC[C@@H]1CC=C(C(=O)O)CN12. The summed E-state index contributed by atoms with van der Waals surface area (Å²) in [6, 6.07) is 0.466. The summed E-state index contributed by atoms with van der Waals surface area (Å²) in [4.78, 5) is 14.4. The van der Waals surface area contributed by atoms with E-state index < -0.39 is 14.3 Å². The minimum atomic E-state index is -2.03. The molecule has 7 heteroatoms. The number of rotatable bonds is 9. The molecule has 5 atom stereocenters. The minimum absolute atomic E-state index is 0.0244. The van der Waals surface area contributed by atoms with Crippen LogP contribution in [0.4, 0.5) is 0 Å². The molecule has 0 amide bonds. The quantitative estimate of drug-likeness (QED) is 0.248. The Labute approximate surface area is 224 Å². The Morgan fingerprint density at radius 3 is 2.56 bits per heavy atom. The Kier molecular flexibility index (Phi) is 9.76. The zero-order valence-electron chi connectivity index (χ0n) is 23.2. The Hall–Kier alpha value is -0.923. The van der Waals surface area contributed by atoms with Gasteiger partial charge in [0.15, 0.2) is 8.32 Å². The first-order valence-electron chi connectivity index (χ1n) is 13.8. The lowest BCUT2D eigenvalue weighted by Gasteiger charge is -2.55. The second kappa shape index (κ2) is 11.9. The lowest BCUT2D eigenvalue weighted by Crippen LogP contribution is -2.61. The van der Waals surface area contributed by atoms with Gasteiger partial charge < -0.3 is 14.6 Å². The summed E-state index contributed by atoms with van der Waals surface area (Å²) in [5.41, 5.74) is 0.648. The number of halogens is 1. The maximum atomic E-state index is 11.8. The van der Waals surface area contributed by atoms with Gasteiger partial charge in [0.05, 0.1) is 6.10 Å². The van der Waals surface area contributed by atoms with Gasteiger partial charge in [-0.15, -0.1) is 0 Å². The molecule has 0 bridgehead atoms. The second-order valence-electron chi connectivity index (χ2n) is 12.7. The van der Waals surface area contributed by atoms with E-state index in [1.54, 1.807) is 0 Å². The van der Waals surface area contributed by atoms with Crippen LogP contribution >= 0.6 is 11.6 Å². The number of aliphatic hydroxyl groups is 1. The summed E-state index contributed by atoms with van der Waals surface area (Å²) in [5, 5.41) is 19.7. The number of hydrogen-bond donors (Lipinski definition) is 2. The number of carboxylic acids is 1. The van der Waals surface area contributed by atoms with Crippen molar-refractivity contribution >= 4 is 25.9 Å². The zero-order valence-corrected chi connectivity index (χ0v) is 25.0. The Balaban J connectivity index is 1.84. The van der Waals surface area contributed by atoms with Crippen molar-refractivity contribution in [2.75, 3.05) is 13.2 Å². The van der Waals surface area contributed by atoms with E-state index in [2.05, 4.69) is 57.8 Å². The molecule has 0 aromatic heterocycles. The predicted octanol–water partition coefficient (Wildman–Crippen LogP) is 6.88. The number of fused-ring (bicyclic) bond motifs is 2. The predicted molar refractivity (Wildman–Crippen MR) is 151 cm³/mol. The third-order valence-corrected chi connectivity index (χ3v) is 14.2. The van der Waals surface area contributed by atoms with Gasteiger partial charge >= 0.3 is 5.97 Å². The van der Waals surface area contributed by atoms with E-state index in [4.69, 9.17) is 16.0 Å². The van der Waals surface area contributed by atoms with Crippen LogP contribution in [0.5, 0.6) is 0 Å². The van der Waals surface area contributed by atoms with E-state index in [-0.39, 0.29) is 23.3 Å². The van der Waals surface area contributed by atoms with E-state index >= 15 is 0 Å². The van der Waals surface area contributed by atoms with Gasteiger partial charge in [-0.25, -0.2) is 4.79 Å². The van der Waals surface area contributed by atoms with E-state index in [0.717, 1.165) is 19.3 Å². The van der Waals surface area contributed by atoms with E-state index in [1.165, 1.54) is 25.7 Å². The van der Waals surface area contributed by atoms with Gasteiger partial charge in [-0.3, -0.25) is 4.90 Å². The van der Waals surface area contributed by atoms with E-state index in [1.807, 2.05) is 12.2 Å². The number of aliphatic carboxylic acids is 1. The highest BCUT2D eigenvalue weighted by Crippen LogP contribution is 2.52. The Morgan fingerprint density at radius 2 is 1.94 bits per heavy atom. The normalized spacial score (nSPS) is 29.9. The molecule has 2 N–H and O–H groups in total. The van der Waals surface area contributed by atoms with Gasteiger partial charge in [-0.05, 0) is 68.1 Å². The van der Waals surface area contributed by atoms with Crippen LogP contribution in [0.15, 0.2) is 34.9 Å². The first kappa shape index (κ1) is 29.6. The minimum Gasteiger partial charge on any atom is -0.478 e. The number of hydrogen-bond acceptors (Lipinski definition) is 4. The van der Waals surface area contributed by atoms with Crippen molar-refractivity contribution in [2.45, 2.75) is 115 Å². The molecule has 1 saturated heterocycles. The van der Waals surface area contributed by atoms with Crippen LogP contribution in [0, 0.1) is 11.8 Å². The number of carbonyl (C=O) groups is 1. The van der Waals surface area contributed by atoms with Crippen molar-refractivity contribution in [3.63, 3.8) is 0 Å². The Bertz CT molecular complexity index is 877. The molecule has 0 radical (unpaired) electrons. The van der Waals surface area contributed by atoms with Crippen LogP contribution in [0.2, 0.25) is 18.1 Å². The molecule has 2 aliphatic heterocycles. The molecule has 36 heavy (non-hydrogen) atoms. The fourth-order valence-corrected chi connectivity index (χ4v) is 7.84. The second-order valence-corrected chi connectivity index (χ2v) is 18.0. The molecule has 1 unspecified atom stereocenters. The van der Waals surface area contributed by atoms with Crippen LogP contribution in [0.1, 0.15) is 79.1 Å². The number of allylic oxidation sites excluding steroid dienone is 1. The number of piperidine rings is 1. The molecule has 3 rings (SSSR count). The van der Waals surface area contributed by atoms with Gasteiger partial charge in [0.1, 0.15) is 0 Å². The van der Waals surface area contributed by atoms with Crippen molar-refractivity contribution in [3.8, 4) is 0 Å². The highest BCUT2D eigenvalue weighted by Gasteiger charge is 2.52. The van der Waals surface area contributed by atoms with Crippen LogP contribution in [-0.4, -0.2) is 60.2 Å². The zero-order chi connectivity index (χ0) is 26.7. The average Bonchev–Trinajstić information content (AvgIpc) is 3.20. The van der Waals surface area contributed by atoms with Crippen LogP contribution < -0.4 is 0 Å². The molecule has 204 valence electrons. The Morgan fingerprint density at radius 1 is 1.28 bits per heavy atom. The summed E-state index contributed by atoms with van der Waals surface area (Å²) in [5.74, 6) is 0.0740. The fourth-order valence-electron chi connectivity index (χ4n) is 6.45. The van der Waals surface area contributed by atoms with Crippen molar-refractivity contribution in [3.05, 3.63) is 34.9 Å². The van der Waals surface area contributed by atoms with Crippen molar-refractivity contribution < 1.29 is 19.4 Å². The van der Waals surface area contributed by atoms with Crippen molar-refractivity contribution in [1.82, 2.24) is 4.90 Å². The van der Waals surface area contributed by atoms with Crippen LogP contribution in [0.25, 0.3) is 0 Å². The molecule has 2 heterocycles. The molecule has 2 fully saturated rings. The highest BCUT2D eigenvalue weighted by molar-refractivity contribution is 6.74. The van der Waals surface area contributed by atoms with E-state index in [0.29, 0.717) is 41.4 Å². The van der Waals surface area contributed by atoms with Gasteiger partial charge in [0.2, 0.25) is 0 Å². The van der Waals surface area contributed by atoms with Gasteiger partial charge in [-0.1, -0.05) is 70.4 Å². The standard InChI is InChI=1S/C29H48ClNO4Si/c1-21(11-14-25(19-23(30)15-18-32)35-36(5,6)28(2,3)4)26-10-8-17-29(26)16-7-9-24-13-12-22(27(33)34)20-31(24)29/h11-12,14,19,21,24-26,32H,7-10,13,15-18,20H2,1-6H3,(H,33,34)/b14-11+,23-19-/t21-,24+,25?,26+,29+/m0/s1. The molecule has 5 nitrogen and oxygen atoms in total. The summed E-state index contributed by atoms with van der Waals surface area (Å²) < 4.78 is 6.72. The molecule has 1 spiro atoms. The molecule has 1 saturated carbocycles. The smallest absolute Gasteiger partial charge is 0.332 e.